The second-order valence-electron chi connectivity index (χ2n) is 7.91. The zero-order valence-corrected chi connectivity index (χ0v) is 18.0. The van der Waals surface area contributed by atoms with Gasteiger partial charge in [-0.1, -0.05) is 12.1 Å². The van der Waals surface area contributed by atoms with Gasteiger partial charge in [-0.3, -0.25) is 9.55 Å². The highest BCUT2D eigenvalue weighted by Crippen LogP contribution is 2.32. The van der Waals surface area contributed by atoms with Crippen molar-refractivity contribution in [1.82, 2.24) is 19.2 Å². The van der Waals surface area contributed by atoms with Gasteiger partial charge >= 0.3 is 6.18 Å². The first-order valence-electron chi connectivity index (χ1n) is 10.5. The van der Waals surface area contributed by atoms with Gasteiger partial charge in [-0.25, -0.2) is 8.91 Å². The summed E-state index contributed by atoms with van der Waals surface area (Å²) in [5, 5.41) is 7.74. The van der Waals surface area contributed by atoms with Crippen LogP contribution in [-0.2, 0) is 12.7 Å². The largest absolute Gasteiger partial charge is 0.419 e. The Kier molecular flexibility index (Phi) is 5.31. The number of alkyl halides is 3. The molecular formula is C25H19F4N5. The monoisotopic (exact) mass is 465 g/mol. The van der Waals surface area contributed by atoms with E-state index >= 15 is 0 Å². The molecule has 172 valence electrons. The number of imidazole rings is 1. The fraction of sp³-hybridized carbons (Fsp3) is 0.120. The average molecular weight is 465 g/mol. The molecule has 0 fully saturated rings. The van der Waals surface area contributed by atoms with Gasteiger partial charge in [-0.15, -0.1) is 0 Å². The van der Waals surface area contributed by atoms with E-state index in [9.17, 15) is 17.6 Å². The maximum atomic E-state index is 13.6. The summed E-state index contributed by atoms with van der Waals surface area (Å²) in [6.45, 7) is 2.09. The predicted molar refractivity (Wildman–Crippen MR) is 121 cm³/mol. The topological polar surface area (TPSA) is 47.2 Å². The first-order chi connectivity index (χ1) is 16.3. The van der Waals surface area contributed by atoms with Gasteiger partial charge < -0.3 is 5.32 Å². The second-order valence-corrected chi connectivity index (χ2v) is 7.91. The number of nitrogens with zero attached hydrogens (tertiary/aromatic N) is 4. The highest BCUT2D eigenvalue weighted by atomic mass is 19.4. The third-order valence-corrected chi connectivity index (χ3v) is 5.58. The van der Waals surface area contributed by atoms with Gasteiger partial charge in [0.1, 0.15) is 11.5 Å². The van der Waals surface area contributed by atoms with Crippen LogP contribution in [0, 0.1) is 12.7 Å². The quantitative estimate of drug-likeness (QED) is 0.312. The standard InChI is InChI=1S/C25H19F4N5/c1-16-4-6-19(31-14-17-5-7-21(26)20(11-17)25(27,28)29)12-23(16)33-9-10-34-24(33)13-22(32-34)18-3-2-8-30-15-18/h2-13,15,31H,14H2,1H3. The maximum Gasteiger partial charge on any atom is 0.419 e. The van der Waals surface area contributed by atoms with Crippen LogP contribution in [0.2, 0.25) is 0 Å². The number of benzene rings is 2. The Labute approximate surface area is 192 Å². The maximum absolute atomic E-state index is 13.6. The van der Waals surface area contributed by atoms with Crippen LogP contribution in [0.25, 0.3) is 22.6 Å². The molecule has 3 heterocycles. The van der Waals surface area contributed by atoms with Gasteiger partial charge in [0.05, 0.1) is 16.9 Å². The number of hydrogen-bond donors (Lipinski definition) is 1. The first kappa shape index (κ1) is 21.7. The molecular weight excluding hydrogens is 446 g/mol. The van der Waals surface area contributed by atoms with Crippen molar-refractivity contribution in [2.45, 2.75) is 19.6 Å². The van der Waals surface area contributed by atoms with Gasteiger partial charge in [0, 0.05) is 48.6 Å². The van der Waals surface area contributed by atoms with Crippen molar-refractivity contribution < 1.29 is 17.6 Å². The molecule has 0 saturated heterocycles. The number of pyridine rings is 1. The highest BCUT2D eigenvalue weighted by molar-refractivity contribution is 5.66. The summed E-state index contributed by atoms with van der Waals surface area (Å²) < 4.78 is 56.4. The summed E-state index contributed by atoms with van der Waals surface area (Å²) >= 11 is 0. The van der Waals surface area contributed by atoms with E-state index in [-0.39, 0.29) is 6.54 Å². The summed E-state index contributed by atoms with van der Waals surface area (Å²) in [5.41, 5.74) is 4.24. The van der Waals surface area contributed by atoms with Crippen molar-refractivity contribution in [3.05, 3.63) is 102 Å². The van der Waals surface area contributed by atoms with E-state index in [0.29, 0.717) is 5.56 Å². The summed E-state index contributed by atoms with van der Waals surface area (Å²) in [6.07, 6.45) is 2.47. The Morgan fingerprint density at radius 1 is 1.00 bits per heavy atom. The molecule has 3 aromatic heterocycles. The van der Waals surface area contributed by atoms with Crippen molar-refractivity contribution >= 4 is 11.3 Å². The van der Waals surface area contributed by atoms with Crippen molar-refractivity contribution in [1.29, 1.82) is 0 Å². The molecule has 5 nitrogen and oxygen atoms in total. The van der Waals surface area contributed by atoms with E-state index in [2.05, 4.69) is 15.4 Å². The lowest BCUT2D eigenvalue weighted by Gasteiger charge is -2.14. The van der Waals surface area contributed by atoms with E-state index in [1.807, 2.05) is 60.3 Å². The van der Waals surface area contributed by atoms with E-state index in [1.165, 1.54) is 6.07 Å². The highest BCUT2D eigenvalue weighted by Gasteiger charge is 2.34. The van der Waals surface area contributed by atoms with Gasteiger partial charge in [0.15, 0.2) is 0 Å². The smallest absolute Gasteiger partial charge is 0.381 e. The van der Waals surface area contributed by atoms with Gasteiger partial charge in [-0.05, 0) is 54.4 Å². The Hall–Kier alpha value is -4.14. The van der Waals surface area contributed by atoms with E-state index in [1.54, 1.807) is 16.9 Å². The first-order valence-corrected chi connectivity index (χ1v) is 10.5. The van der Waals surface area contributed by atoms with Crippen LogP contribution in [0.1, 0.15) is 16.7 Å². The fourth-order valence-electron chi connectivity index (χ4n) is 3.82. The molecule has 2 aromatic carbocycles. The van der Waals surface area contributed by atoms with Crippen LogP contribution >= 0.6 is 0 Å². The number of halogens is 4. The van der Waals surface area contributed by atoms with Crippen LogP contribution in [0.3, 0.4) is 0 Å². The van der Waals surface area contributed by atoms with Crippen molar-refractivity contribution in [2.24, 2.45) is 0 Å². The number of nitrogens with one attached hydrogen (secondary N) is 1. The van der Waals surface area contributed by atoms with Crippen LogP contribution in [0.5, 0.6) is 0 Å². The summed E-state index contributed by atoms with van der Waals surface area (Å²) in [7, 11) is 0. The van der Waals surface area contributed by atoms with E-state index in [0.717, 1.165) is 46.0 Å². The van der Waals surface area contributed by atoms with Crippen molar-refractivity contribution in [3.63, 3.8) is 0 Å². The lowest BCUT2D eigenvalue weighted by Crippen LogP contribution is -2.10. The number of rotatable bonds is 5. The molecule has 0 unspecified atom stereocenters. The molecule has 5 aromatic rings. The molecule has 0 radical (unpaired) electrons. The summed E-state index contributed by atoms with van der Waals surface area (Å²) in [5.74, 6) is -1.28. The number of fused-ring (bicyclic) bond motifs is 1. The molecule has 0 bridgehead atoms. The predicted octanol–water partition coefficient (Wildman–Crippen LogP) is 6.27. The van der Waals surface area contributed by atoms with Gasteiger partial charge in [0.2, 0.25) is 0 Å². The van der Waals surface area contributed by atoms with E-state index < -0.39 is 17.6 Å². The Morgan fingerprint density at radius 2 is 1.85 bits per heavy atom. The van der Waals surface area contributed by atoms with Crippen LogP contribution < -0.4 is 5.32 Å². The number of aryl methyl sites for hydroxylation is 1. The molecule has 0 aliphatic heterocycles. The van der Waals surface area contributed by atoms with E-state index in [4.69, 9.17) is 0 Å². The lowest BCUT2D eigenvalue weighted by molar-refractivity contribution is -0.140. The molecule has 5 rings (SSSR count). The zero-order valence-electron chi connectivity index (χ0n) is 18.0. The SMILES string of the molecule is Cc1ccc(NCc2ccc(F)c(C(F)(F)F)c2)cc1-n1ccn2nc(-c3cccnc3)cc12. The molecule has 0 saturated carbocycles. The molecule has 0 aliphatic rings. The molecule has 0 amide bonds. The minimum absolute atomic E-state index is 0.116. The third kappa shape index (κ3) is 4.12. The van der Waals surface area contributed by atoms with Gasteiger partial charge in [0.25, 0.3) is 0 Å². The Morgan fingerprint density at radius 3 is 2.62 bits per heavy atom. The molecule has 0 atom stereocenters. The minimum atomic E-state index is -4.74. The zero-order chi connectivity index (χ0) is 23.9. The van der Waals surface area contributed by atoms with Crippen LogP contribution in [-0.4, -0.2) is 19.2 Å². The molecule has 0 aliphatic carbocycles. The minimum Gasteiger partial charge on any atom is -0.381 e. The molecule has 34 heavy (non-hydrogen) atoms. The molecule has 0 spiro atoms. The fourth-order valence-corrected chi connectivity index (χ4v) is 3.82. The van der Waals surface area contributed by atoms with Crippen LogP contribution in [0.15, 0.2) is 79.4 Å². The van der Waals surface area contributed by atoms with Crippen LogP contribution in [0.4, 0.5) is 23.2 Å². The number of hydrogen-bond acceptors (Lipinski definition) is 3. The summed E-state index contributed by atoms with van der Waals surface area (Å²) in [4.78, 5) is 4.14. The number of aromatic nitrogens is 4. The Balaban J connectivity index is 1.43. The summed E-state index contributed by atoms with van der Waals surface area (Å²) in [6, 6.07) is 14.5. The normalized spacial score (nSPS) is 11.8. The second kappa shape index (κ2) is 8.33. The third-order valence-electron chi connectivity index (χ3n) is 5.58. The van der Waals surface area contributed by atoms with Gasteiger partial charge in [-0.2, -0.15) is 18.3 Å². The number of anilines is 1. The van der Waals surface area contributed by atoms with Crippen molar-refractivity contribution in [2.75, 3.05) is 5.32 Å². The Bertz CT molecular complexity index is 1470. The lowest BCUT2D eigenvalue weighted by atomic mass is 10.1. The average Bonchev–Trinajstić information content (AvgIpc) is 3.40. The molecule has 1 N–H and O–H groups in total. The molecule has 9 heteroatoms. The van der Waals surface area contributed by atoms with Crippen molar-refractivity contribution in [3.8, 4) is 16.9 Å².